The zero-order valence-corrected chi connectivity index (χ0v) is 20.2. The van der Waals surface area contributed by atoms with Crippen LogP contribution in [0.4, 0.5) is 4.79 Å². The van der Waals surface area contributed by atoms with E-state index in [9.17, 15) is 19.2 Å². The van der Waals surface area contributed by atoms with Gasteiger partial charge in [-0.2, -0.15) is 5.10 Å². The van der Waals surface area contributed by atoms with Crippen molar-refractivity contribution < 1.29 is 19.1 Å². The van der Waals surface area contributed by atoms with Crippen LogP contribution in [0.2, 0.25) is 0 Å². The number of ether oxygens (including phenoxy) is 1. The molecule has 1 aromatic heterocycles. The van der Waals surface area contributed by atoms with E-state index in [1.54, 1.807) is 24.3 Å². The van der Waals surface area contributed by atoms with E-state index in [0.717, 1.165) is 19.3 Å². The number of esters is 1. The van der Waals surface area contributed by atoms with Crippen molar-refractivity contribution in [2.45, 2.75) is 64.5 Å². The zero-order valence-electron chi connectivity index (χ0n) is 20.2. The number of carbonyl (C=O) groups excluding carboxylic acids is 3. The summed E-state index contributed by atoms with van der Waals surface area (Å²) in [6.07, 6.45) is 6.68. The molecule has 6 rings (SSSR count). The summed E-state index contributed by atoms with van der Waals surface area (Å²) in [5.41, 5.74) is -0.542. The lowest BCUT2D eigenvalue weighted by molar-refractivity contribution is -0.123. The molecule has 3 amide bonds. The number of aromatic nitrogens is 2. The largest absolute Gasteiger partial charge is 0.451 e. The maximum absolute atomic E-state index is 12.8. The molecule has 4 aliphatic rings. The van der Waals surface area contributed by atoms with Gasteiger partial charge in [0.15, 0.2) is 12.3 Å². The molecule has 4 saturated carbocycles. The molecular weight excluding hydrogens is 448 g/mol. The molecule has 0 atom stereocenters. The van der Waals surface area contributed by atoms with Crippen molar-refractivity contribution in [3.63, 3.8) is 0 Å². The minimum Gasteiger partial charge on any atom is -0.451 e. The fourth-order valence-electron chi connectivity index (χ4n) is 6.75. The Balaban J connectivity index is 1.22. The Morgan fingerprint density at radius 3 is 2.26 bits per heavy atom. The predicted octanol–water partition coefficient (Wildman–Crippen LogP) is 3.00. The topological polar surface area (TPSA) is 119 Å². The average molecular weight is 481 g/mol. The van der Waals surface area contributed by atoms with E-state index in [0.29, 0.717) is 35.1 Å². The van der Waals surface area contributed by atoms with Gasteiger partial charge in [0.05, 0.1) is 5.39 Å². The fourth-order valence-corrected chi connectivity index (χ4v) is 6.75. The summed E-state index contributed by atoms with van der Waals surface area (Å²) in [6, 6.07) is 6.14. The first-order valence-electron chi connectivity index (χ1n) is 12.5. The lowest BCUT2D eigenvalue weighted by Crippen LogP contribution is -2.62. The molecule has 0 radical (unpaired) electrons. The van der Waals surface area contributed by atoms with Crippen molar-refractivity contribution in [2.75, 3.05) is 6.61 Å². The Morgan fingerprint density at radius 1 is 1.06 bits per heavy atom. The van der Waals surface area contributed by atoms with E-state index in [2.05, 4.69) is 15.7 Å². The van der Waals surface area contributed by atoms with Gasteiger partial charge >= 0.3 is 12.0 Å². The van der Waals surface area contributed by atoms with Gasteiger partial charge in [-0.25, -0.2) is 14.3 Å². The summed E-state index contributed by atoms with van der Waals surface area (Å²) >= 11 is 0. The Labute approximate surface area is 203 Å². The van der Waals surface area contributed by atoms with Gasteiger partial charge in [0, 0.05) is 17.5 Å². The van der Waals surface area contributed by atoms with Gasteiger partial charge in [-0.3, -0.25) is 14.9 Å². The minimum absolute atomic E-state index is 0.0355. The molecule has 0 saturated heterocycles. The summed E-state index contributed by atoms with van der Waals surface area (Å²) in [5, 5.41) is 10.3. The average Bonchev–Trinajstić information content (AvgIpc) is 2.77. The van der Waals surface area contributed by atoms with Crippen molar-refractivity contribution in [3.05, 3.63) is 40.3 Å². The second kappa shape index (κ2) is 9.09. The van der Waals surface area contributed by atoms with Gasteiger partial charge in [0.25, 0.3) is 11.5 Å². The molecule has 0 unspecified atom stereocenters. The van der Waals surface area contributed by atoms with E-state index in [1.807, 2.05) is 13.8 Å². The standard InChI is InChI=1S/C26H32N4O5/c1-15(2)13-30-23(32)20-6-4-3-5-19(20)22(29-30)24(33)35-14-21(31)27-25(34)28-26-10-16-7-17(11-26)9-18(8-16)12-26/h3-6,15-18H,7-14H2,1-2H3,(H2,27,28,31,34). The highest BCUT2D eigenvalue weighted by Crippen LogP contribution is 2.55. The van der Waals surface area contributed by atoms with E-state index in [4.69, 9.17) is 4.74 Å². The predicted molar refractivity (Wildman–Crippen MR) is 129 cm³/mol. The van der Waals surface area contributed by atoms with Crippen LogP contribution in [0, 0.1) is 23.7 Å². The molecule has 35 heavy (non-hydrogen) atoms. The summed E-state index contributed by atoms with van der Waals surface area (Å²) in [6.45, 7) is 3.61. The van der Waals surface area contributed by atoms with Gasteiger partial charge in [-0.05, 0) is 68.3 Å². The van der Waals surface area contributed by atoms with Gasteiger partial charge in [0.1, 0.15) is 0 Å². The molecule has 9 nitrogen and oxygen atoms in total. The molecule has 186 valence electrons. The first-order valence-corrected chi connectivity index (χ1v) is 12.5. The molecular formula is C26H32N4O5. The van der Waals surface area contributed by atoms with Crippen molar-refractivity contribution in [1.82, 2.24) is 20.4 Å². The quantitative estimate of drug-likeness (QED) is 0.614. The van der Waals surface area contributed by atoms with E-state index in [1.165, 1.54) is 23.9 Å². The Morgan fingerprint density at radius 2 is 1.66 bits per heavy atom. The van der Waals surface area contributed by atoms with E-state index < -0.39 is 24.5 Å². The monoisotopic (exact) mass is 480 g/mol. The lowest BCUT2D eigenvalue weighted by atomic mass is 9.53. The van der Waals surface area contributed by atoms with Gasteiger partial charge in [-0.15, -0.1) is 0 Å². The van der Waals surface area contributed by atoms with Crippen LogP contribution in [-0.4, -0.2) is 39.8 Å². The Bertz CT molecular complexity index is 1200. The smallest absolute Gasteiger partial charge is 0.359 e. The van der Waals surface area contributed by atoms with Crippen LogP contribution in [0.25, 0.3) is 10.8 Å². The first kappa shape index (κ1) is 23.5. The van der Waals surface area contributed by atoms with Crippen LogP contribution >= 0.6 is 0 Å². The molecule has 4 fully saturated rings. The number of benzene rings is 1. The third-order valence-corrected chi connectivity index (χ3v) is 7.60. The summed E-state index contributed by atoms with van der Waals surface area (Å²) in [5.74, 6) is 0.609. The molecule has 9 heteroatoms. The third kappa shape index (κ3) is 4.81. The number of nitrogens with zero attached hydrogens (tertiary/aromatic N) is 2. The highest BCUT2D eigenvalue weighted by molar-refractivity contribution is 6.03. The number of imide groups is 1. The summed E-state index contributed by atoms with van der Waals surface area (Å²) in [7, 11) is 0. The van der Waals surface area contributed by atoms with Crippen LogP contribution in [0.3, 0.4) is 0 Å². The molecule has 0 aliphatic heterocycles. The van der Waals surface area contributed by atoms with Crippen LogP contribution in [0.1, 0.15) is 62.9 Å². The minimum atomic E-state index is -0.824. The number of hydrogen-bond acceptors (Lipinski definition) is 6. The maximum Gasteiger partial charge on any atom is 0.359 e. The molecule has 2 N–H and O–H groups in total. The molecule has 4 aliphatic carbocycles. The summed E-state index contributed by atoms with van der Waals surface area (Å²) in [4.78, 5) is 50.5. The van der Waals surface area contributed by atoms with Gasteiger partial charge in [-0.1, -0.05) is 32.0 Å². The maximum atomic E-state index is 12.8. The Kier molecular flexibility index (Phi) is 6.11. The Hall–Kier alpha value is -3.23. The van der Waals surface area contributed by atoms with Gasteiger partial charge in [0.2, 0.25) is 0 Å². The SMILES string of the molecule is CC(C)Cn1nc(C(=O)OCC(=O)NC(=O)NC23CC4CC(CC(C4)C2)C3)c2ccccc2c1=O. The van der Waals surface area contributed by atoms with Crippen LogP contribution < -0.4 is 16.2 Å². The first-order chi connectivity index (χ1) is 16.7. The number of carbonyl (C=O) groups is 3. The van der Waals surface area contributed by atoms with Crippen LogP contribution in [-0.2, 0) is 16.1 Å². The lowest BCUT2D eigenvalue weighted by Gasteiger charge is -2.56. The van der Waals surface area contributed by atoms with Crippen molar-refractivity contribution in [2.24, 2.45) is 23.7 Å². The number of hydrogen-bond donors (Lipinski definition) is 2. The second-order valence-electron chi connectivity index (χ2n) is 11.1. The number of fused-ring (bicyclic) bond motifs is 1. The zero-order chi connectivity index (χ0) is 24.7. The van der Waals surface area contributed by atoms with Gasteiger partial charge < -0.3 is 10.1 Å². The number of urea groups is 1. The number of amides is 3. The second-order valence-corrected chi connectivity index (χ2v) is 11.1. The van der Waals surface area contributed by atoms with Crippen molar-refractivity contribution in [1.29, 1.82) is 0 Å². The van der Waals surface area contributed by atoms with Crippen LogP contribution in [0.5, 0.6) is 0 Å². The molecule has 0 spiro atoms. The number of nitrogens with one attached hydrogen (secondary N) is 2. The normalized spacial score (nSPS) is 26.7. The van der Waals surface area contributed by atoms with E-state index in [-0.39, 0.29) is 22.7 Å². The summed E-state index contributed by atoms with van der Waals surface area (Å²) < 4.78 is 6.44. The molecule has 2 aromatic rings. The highest BCUT2D eigenvalue weighted by atomic mass is 16.5. The van der Waals surface area contributed by atoms with E-state index >= 15 is 0 Å². The molecule has 4 bridgehead atoms. The fraction of sp³-hybridized carbons (Fsp3) is 0.577. The molecule has 1 aromatic carbocycles. The molecule has 1 heterocycles. The number of rotatable bonds is 6. The van der Waals surface area contributed by atoms with Crippen molar-refractivity contribution >= 4 is 28.7 Å². The van der Waals surface area contributed by atoms with Crippen LogP contribution in [0.15, 0.2) is 29.1 Å². The highest BCUT2D eigenvalue weighted by Gasteiger charge is 2.51. The third-order valence-electron chi connectivity index (χ3n) is 7.60. The van der Waals surface area contributed by atoms with Crippen molar-refractivity contribution in [3.8, 4) is 0 Å².